The van der Waals surface area contributed by atoms with Gasteiger partial charge in [-0.3, -0.25) is 10.1 Å². The first-order valence-corrected chi connectivity index (χ1v) is 10.7. The molecule has 0 spiro atoms. The van der Waals surface area contributed by atoms with Crippen LogP contribution in [-0.2, 0) is 11.8 Å². The Balaban J connectivity index is 1.81. The standard InChI is InChI=1S/C18H23N9O3S/c1-4-20-18(29)25-17-23-12-11(13(24-17)27-5-7-30-8-6-27)22-14(26(12)3)16-21-10(9-31-16)15(28)19-2/h9H,4-8H2,1-3H3,(H,19,28)(H2,20,23,24,25,29). The number of carbonyl (C=O) groups is 2. The van der Waals surface area contributed by atoms with Crippen molar-refractivity contribution in [1.82, 2.24) is 35.1 Å². The Morgan fingerprint density at radius 3 is 2.68 bits per heavy atom. The summed E-state index contributed by atoms with van der Waals surface area (Å²) in [6.07, 6.45) is 0. The Morgan fingerprint density at radius 1 is 1.19 bits per heavy atom. The van der Waals surface area contributed by atoms with Gasteiger partial charge in [-0.15, -0.1) is 11.3 Å². The van der Waals surface area contributed by atoms with Crippen LogP contribution in [0.2, 0.25) is 0 Å². The molecule has 1 fully saturated rings. The van der Waals surface area contributed by atoms with Crippen molar-refractivity contribution in [3.05, 3.63) is 11.1 Å². The Hall–Kier alpha value is -3.32. The van der Waals surface area contributed by atoms with Gasteiger partial charge in [-0.2, -0.15) is 9.97 Å². The molecule has 0 atom stereocenters. The highest BCUT2D eigenvalue weighted by molar-refractivity contribution is 7.13. The molecule has 31 heavy (non-hydrogen) atoms. The van der Waals surface area contributed by atoms with Crippen LogP contribution in [0, 0.1) is 0 Å². The molecule has 4 rings (SSSR count). The van der Waals surface area contributed by atoms with E-state index in [4.69, 9.17) is 9.72 Å². The quantitative estimate of drug-likeness (QED) is 0.525. The van der Waals surface area contributed by atoms with Crippen molar-refractivity contribution < 1.29 is 14.3 Å². The van der Waals surface area contributed by atoms with Crippen molar-refractivity contribution >= 4 is 46.2 Å². The summed E-state index contributed by atoms with van der Waals surface area (Å²) in [4.78, 5) is 44.2. The third kappa shape index (κ3) is 4.14. The van der Waals surface area contributed by atoms with Gasteiger partial charge in [0, 0.05) is 39.1 Å². The SMILES string of the molecule is CCNC(=O)Nc1nc(N2CCOCC2)c2nc(-c3nc(C(=O)NC)cs3)n(C)c2n1. The van der Waals surface area contributed by atoms with E-state index >= 15 is 0 Å². The Labute approximate surface area is 182 Å². The smallest absolute Gasteiger partial charge is 0.321 e. The lowest BCUT2D eigenvalue weighted by Crippen LogP contribution is -2.37. The van der Waals surface area contributed by atoms with Crippen molar-refractivity contribution in [1.29, 1.82) is 0 Å². The van der Waals surface area contributed by atoms with Crippen LogP contribution >= 0.6 is 11.3 Å². The summed E-state index contributed by atoms with van der Waals surface area (Å²) >= 11 is 1.32. The molecular weight excluding hydrogens is 422 g/mol. The summed E-state index contributed by atoms with van der Waals surface area (Å²) in [5.41, 5.74) is 1.47. The molecule has 0 aliphatic carbocycles. The normalized spacial score (nSPS) is 14.0. The highest BCUT2D eigenvalue weighted by atomic mass is 32.1. The van der Waals surface area contributed by atoms with Crippen LogP contribution in [0.25, 0.3) is 22.0 Å². The van der Waals surface area contributed by atoms with Crippen LogP contribution in [0.3, 0.4) is 0 Å². The Kier molecular flexibility index (Phi) is 5.95. The van der Waals surface area contributed by atoms with E-state index in [0.717, 1.165) is 0 Å². The van der Waals surface area contributed by atoms with Crippen molar-refractivity contribution in [2.45, 2.75) is 6.92 Å². The zero-order chi connectivity index (χ0) is 22.0. The molecule has 3 aromatic rings. The number of hydrogen-bond donors (Lipinski definition) is 3. The lowest BCUT2D eigenvalue weighted by atomic mass is 10.3. The first-order chi connectivity index (χ1) is 15.0. The Bertz CT molecular complexity index is 1120. The number of aryl methyl sites for hydroxylation is 1. The summed E-state index contributed by atoms with van der Waals surface area (Å²) in [7, 11) is 3.38. The van der Waals surface area contributed by atoms with Crippen LogP contribution in [-0.4, -0.2) is 76.3 Å². The zero-order valence-corrected chi connectivity index (χ0v) is 18.2. The molecule has 0 bridgehead atoms. The number of rotatable bonds is 5. The molecule has 1 aliphatic heterocycles. The summed E-state index contributed by atoms with van der Waals surface area (Å²) in [6.45, 7) is 4.76. The second kappa shape index (κ2) is 8.81. The molecule has 0 aromatic carbocycles. The van der Waals surface area contributed by atoms with Crippen LogP contribution in [0.1, 0.15) is 17.4 Å². The van der Waals surface area contributed by atoms with E-state index in [1.165, 1.54) is 11.3 Å². The van der Waals surface area contributed by atoms with Gasteiger partial charge >= 0.3 is 6.03 Å². The minimum atomic E-state index is -0.382. The van der Waals surface area contributed by atoms with E-state index < -0.39 is 0 Å². The number of fused-ring (bicyclic) bond motifs is 1. The summed E-state index contributed by atoms with van der Waals surface area (Å²) in [6, 6.07) is -0.382. The molecule has 1 aliphatic rings. The van der Waals surface area contributed by atoms with E-state index in [-0.39, 0.29) is 17.9 Å². The van der Waals surface area contributed by atoms with Crippen LogP contribution < -0.4 is 20.9 Å². The van der Waals surface area contributed by atoms with E-state index in [1.54, 1.807) is 17.0 Å². The highest BCUT2D eigenvalue weighted by Crippen LogP contribution is 2.31. The number of imidazole rings is 1. The van der Waals surface area contributed by atoms with Gasteiger partial charge < -0.3 is 24.8 Å². The van der Waals surface area contributed by atoms with Gasteiger partial charge in [0.15, 0.2) is 27.8 Å². The molecule has 3 amide bonds. The number of amides is 3. The third-order valence-corrected chi connectivity index (χ3v) is 5.57. The number of hydrogen-bond acceptors (Lipinski definition) is 9. The molecule has 0 saturated carbocycles. The molecule has 12 nitrogen and oxygen atoms in total. The van der Waals surface area contributed by atoms with Crippen molar-refractivity contribution in [2.75, 3.05) is 50.1 Å². The van der Waals surface area contributed by atoms with Gasteiger partial charge in [0.1, 0.15) is 5.69 Å². The number of anilines is 2. The fourth-order valence-corrected chi connectivity index (χ4v) is 4.03. The second-order valence-corrected chi connectivity index (χ2v) is 7.60. The van der Waals surface area contributed by atoms with E-state index in [0.29, 0.717) is 66.4 Å². The van der Waals surface area contributed by atoms with Crippen molar-refractivity contribution in [3.8, 4) is 10.8 Å². The monoisotopic (exact) mass is 445 g/mol. The van der Waals surface area contributed by atoms with Crippen LogP contribution in [0.4, 0.5) is 16.6 Å². The number of nitrogens with one attached hydrogen (secondary N) is 3. The highest BCUT2D eigenvalue weighted by Gasteiger charge is 2.24. The number of nitrogens with zero attached hydrogens (tertiary/aromatic N) is 6. The Morgan fingerprint density at radius 2 is 1.97 bits per heavy atom. The first kappa shape index (κ1) is 20.9. The van der Waals surface area contributed by atoms with Crippen LogP contribution in [0.15, 0.2) is 5.38 Å². The molecule has 3 aromatic heterocycles. The first-order valence-electron chi connectivity index (χ1n) is 9.81. The maximum absolute atomic E-state index is 12.0. The number of ether oxygens (including phenoxy) is 1. The molecule has 13 heteroatoms. The van der Waals surface area contributed by atoms with Crippen molar-refractivity contribution in [2.24, 2.45) is 7.05 Å². The van der Waals surface area contributed by atoms with Gasteiger partial charge in [0.05, 0.1) is 13.2 Å². The van der Waals surface area contributed by atoms with E-state index in [2.05, 4.69) is 35.8 Å². The second-order valence-electron chi connectivity index (χ2n) is 6.74. The minimum Gasteiger partial charge on any atom is -0.378 e. The van der Waals surface area contributed by atoms with Gasteiger partial charge in [-0.05, 0) is 6.92 Å². The predicted octanol–water partition coefficient (Wildman–Crippen LogP) is 0.824. The fraction of sp³-hybridized carbons (Fsp3) is 0.444. The number of morpholine rings is 1. The lowest BCUT2D eigenvalue weighted by molar-refractivity contribution is 0.0959. The summed E-state index contributed by atoms with van der Waals surface area (Å²) < 4.78 is 7.25. The largest absolute Gasteiger partial charge is 0.378 e. The topological polar surface area (TPSA) is 139 Å². The van der Waals surface area contributed by atoms with Gasteiger partial charge in [0.25, 0.3) is 5.91 Å². The van der Waals surface area contributed by atoms with E-state index in [1.807, 2.05) is 14.0 Å². The van der Waals surface area contributed by atoms with Crippen molar-refractivity contribution in [3.63, 3.8) is 0 Å². The maximum atomic E-state index is 12.0. The zero-order valence-electron chi connectivity index (χ0n) is 17.4. The fourth-order valence-electron chi connectivity index (χ4n) is 3.20. The minimum absolute atomic E-state index is 0.180. The van der Waals surface area contributed by atoms with E-state index in [9.17, 15) is 9.59 Å². The molecule has 3 N–H and O–H groups in total. The van der Waals surface area contributed by atoms with Crippen LogP contribution in [0.5, 0.6) is 0 Å². The molecular formula is C18H23N9O3S. The van der Waals surface area contributed by atoms with Gasteiger partial charge in [-0.25, -0.2) is 14.8 Å². The number of carbonyl (C=O) groups excluding carboxylic acids is 2. The third-order valence-electron chi connectivity index (χ3n) is 4.73. The molecule has 0 radical (unpaired) electrons. The van der Waals surface area contributed by atoms with Gasteiger partial charge in [0.2, 0.25) is 5.95 Å². The number of aromatic nitrogens is 5. The number of urea groups is 1. The molecule has 1 saturated heterocycles. The lowest BCUT2D eigenvalue weighted by Gasteiger charge is -2.28. The summed E-state index contributed by atoms with van der Waals surface area (Å²) in [5.74, 6) is 1.10. The predicted molar refractivity (Wildman–Crippen MR) is 117 cm³/mol. The molecule has 0 unspecified atom stereocenters. The average Bonchev–Trinajstić information content (AvgIpc) is 3.39. The average molecular weight is 446 g/mol. The summed E-state index contributed by atoms with van der Waals surface area (Å²) in [5, 5.41) is 10.2. The maximum Gasteiger partial charge on any atom is 0.321 e. The molecule has 164 valence electrons. The number of thiazole rings is 1. The molecule has 4 heterocycles. The van der Waals surface area contributed by atoms with Gasteiger partial charge in [-0.1, -0.05) is 0 Å².